The number of pyridine rings is 1. The molecule has 0 atom stereocenters. The van der Waals surface area contributed by atoms with Crippen molar-refractivity contribution in [2.24, 2.45) is 0 Å². The first-order chi connectivity index (χ1) is 10.2. The van der Waals surface area contributed by atoms with Gasteiger partial charge in [-0.1, -0.05) is 0 Å². The maximum absolute atomic E-state index is 10.9. The van der Waals surface area contributed by atoms with Gasteiger partial charge in [0.05, 0.1) is 30.3 Å². The predicted octanol–water partition coefficient (Wildman–Crippen LogP) is 1.17. The van der Waals surface area contributed by atoms with E-state index in [-0.39, 0.29) is 5.69 Å². The van der Waals surface area contributed by atoms with Crippen molar-refractivity contribution in [2.45, 2.75) is 6.92 Å². The van der Waals surface area contributed by atoms with Crippen LogP contribution >= 0.6 is 0 Å². The Morgan fingerprint density at radius 3 is 2.62 bits per heavy atom. The molecule has 0 amide bonds. The molecule has 0 bridgehead atoms. The van der Waals surface area contributed by atoms with Gasteiger partial charge in [0.1, 0.15) is 11.6 Å². The summed E-state index contributed by atoms with van der Waals surface area (Å²) in [5, 5.41) is 17.1. The van der Waals surface area contributed by atoms with Crippen LogP contribution in [0.1, 0.15) is 6.92 Å². The molecule has 8 heteroatoms. The normalized spacial score (nSPS) is 15.7. The molecule has 21 heavy (non-hydrogen) atoms. The zero-order valence-electron chi connectivity index (χ0n) is 12.2. The monoisotopic (exact) mass is 295 g/mol. The molecule has 1 aromatic heterocycles. The van der Waals surface area contributed by atoms with Crippen molar-refractivity contribution >= 4 is 17.3 Å². The number of ether oxygens (including phenoxy) is 1. The van der Waals surface area contributed by atoms with E-state index in [0.29, 0.717) is 24.7 Å². The van der Waals surface area contributed by atoms with Gasteiger partial charge < -0.3 is 15.4 Å². The lowest BCUT2D eigenvalue weighted by atomic mass is 10.3. The SMILES string of the molecule is CCNc1cc([N+](=O)[O-])cc(NCCN2CCOCC2)n1. The van der Waals surface area contributed by atoms with Crippen molar-refractivity contribution in [3.05, 3.63) is 22.2 Å². The van der Waals surface area contributed by atoms with Crippen LogP contribution in [0.5, 0.6) is 0 Å². The number of nitro groups is 1. The molecule has 2 N–H and O–H groups in total. The van der Waals surface area contributed by atoms with Crippen LogP contribution in [-0.2, 0) is 4.74 Å². The van der Waals surface area contributed by atoms with E-state index >= 15 is 0 Å². The Labute approximate surface area is 123 Å². The summed E-state index contributed by atoms with van der Waals surface area (Å²) >= 11 is 0. The highest BCUT2D eigenvalue weighted by molar-refractivity contribution is 5.54. The lowest BCUT2D eigenvalue weighted by molar-refractivity contribution is -0.384. The third kappa shape index (κ3) is 4.83. The number of nitrogens with zero attached hydrogens (tertiary/aromatic N) is 3. The highest BCUT2D eigenvalue weighted by atomic mass is 16.6. The highest BCUT2D eigenvalue weighted by Gasteiger charge is 2.12. The minimum absolute atomic E-state index is 0.0369. The largest absolute Gasteiger partial charge is 0.379 e. The van der Waals surface area contributed by atoms with Gasteiger partial charge in [0.2, 0.25) is 0 Å². The number of rotatable bonds is 7. The van der Waals surface area contributed by atoms with Gasteiger partial charge >= 0.3 is 0 Å². The Morgan fingerprint density at radius 2 is 2.00 bits per heavy atom. The molecule has 0 radical (unpaired) electrons. The van der Waals surface area contributed by atoms with E-state index in [2.05, 4.69) is 20.5 Å². The van der Waals surface area contributed by atoms with Gasteiger partial charge in [-0.3, -0.25) is 15.0 Å². The molecule has 1 aromatic rings. The van der Waals surface area contributed by atoms with Crippen molar-refractivity contribution in [3.8, 4) is 0 Å². The maximum atomic E-state index is 10.9. The number of anilines is 2. The van der Waals surface area contributed by atoms with E-state index in [1.807, 2.05) is 6.92 Å². The van der Waals surface area contributed by atoms with Crippen LogP contribution in [-0.4, -0.2) is 60.7 Å². The Morgan fingerprint density at radius 1 is 1.33 bits per heavy atom. The van der Waals surface area contributed by atoms with Crippen LogP contribution in [0.2, 0.25) is 0 Å². The average molecular weight is 295 g/mol. The summed E-state index contributed by atoms with van der Waals surface area (Å²) < 4.78 is 5.29. The smallest absolute Gasteiger partial charge is 0.276 e. The van der Waals surface area contributed by atoms with E-state index in [1.54, 1.807) is 0 Å². The van der Waals surface area contributed by atoms with Gasteiger partial charge in [-0.2, -0.15) is 0 Å². The number of aromatic nitrogens is 1. The predicted molar refractivity (Wildman–Crippen MR) is 80.8 cm³/mol. The standard InChI is InChI=1S/C13H21N5O3/c1-2-14-12-9-11(18(19)20)10-13(16-12)15-3-4-17-5-7-21-8-6-17/h9-10H,2-8H2,1H3,(H2,14,15,16). The van der Waals surface area contributed by atoms with Crippen LogP contribution in [0.25, 0.3) is 0 Å². The molecule has 1 saturated heterocycles. The lowest BCUT2D eigenvalue weighted by Gasteiger charge is -2.26. The number of hydrogen-bond acceptors (Lipinski definition) is 7. The van der Waals surface area contributed by atoms with Crippen LogP contribution in [0, 0.1) is 10.1 Å². The van der Waals surface area contributed by atoms with Gasteiger partial charge in [-0.25, -0.2) is 4.98 Å². The van der Waals surface area contributed by atoms with Gasteiger partial charge in [-0.15, -0.1) is 0 Å². The van der Waals surface area contributed by atoms with E-state index < -0.39 is 4.92 Å². The van der Waals surface area contributed by atoms with Gasteiger partial charge in [0.25, 0.3) is 5.69 Å². The molecule has 8 nitrogen and oxygen atoms in total. The highest BCUT2D eigenvalue weighted by Crippen LogP contribution is 2.20. The Kier molecular flexibility index (Phi) is 5.70. The fourth-order valence-electron chi connectivity index (χ4n) is 2.15. The Bertz CT molecular complexity index is 477. The Hall–Kier alpha value is -1.93. The van der Waals surface area contributed by atoms with Gasteiger partial charge in [0, 0.05) is 32.7 Å². The van der Waals surface area contributed by atoms with Crippen LogP contribution in [0.4, 0.5) is 17.3 Å². The van der Waals surface area contributed by atoms with Crippen molar-refractivity contribution < 1.29 is 9.66 Å². The average Bonchev–Trinajstić information content (AvgIpc) is 2.48. The second-order valence-electron chi connectivity index (χ2n) is 4.76. The first kappa shape index (κ1) is 15.5. The molecule has 116 valence electrons. The number of hydrogen-bond donors (Lipinski definition) is 2. The molecule has 0 saturated carbocycles. The Balaban J connectivity index is 1.92. The molecule has 0 unspecified atom stereocenters. The molecule has 2 heterocycles. The second kappa shape index (κ2) is 7.75. The first-order valence-corrected chi connectivity index (χ1v) is 7.13. The molecular formula is C13H21N5O3. The van der Waals surface area contributed by atoms with Crippen LogP contribution in [0.15, 0.2) is 12.1 Å². The molecule has 0 aliphatic carbocycles. The van der Waals surface area contributed by atoms with Crippen molar-refractivity contribution in [1.29, 1.82) is 0 Å². The molecule has 0 spiro atoms. The second-order valence-corrected chi connectivity index (χ2v) is 4.76. The minimum Gasteiger partial charge on any atom is -0.379 e. The fourth-order valence-corrected chi connectivity index (χ4v) is 2.15. The first-order valence-electron chi connectivity index (χ1n) is 7.13. The molecule has 1 aliphatic rings. The van der Waals surface area contributed by atoms with Crippen molar-refractivity contribution in [3.63, 3.8) is 0 Å². The third-order valence-electron chi connectivity index (χ3n) is 3.22. The van der Waals surface area contributed by atoms with Crippen molar-refractivity contribution in [1.82, 2.24) is 9.88 Å². The fraction of sp³-hybridized carbons (Fsp3) is 0.615. The molecular weight excluding hydrogens is 274 g/mol. The summed E-state index contributed by atoms with van der Waals surface area (Å²) in [6.45, 7) is 7.52. The van der Waals surface area contributed by atoms with Crippen molar-refractivity contribution in [2.75, 3.05) is 56.6 Å². The summed E-state index contributed by atoms with van der Waals surface area (Å²) in [6.07, 6.45) is 0. The van der Waals surface area contributed by atoms with E-state index in [4.69, 9.17) is 4.74 Å². The molecule has 2 rings (SSSR count). The minimum atomic E-state index is -0.407. The number of morpholine rings is 1. The lowest BCUT2D eigenvalue weighted by Crippen LogP contribution is -2.39. The summed E-state index contributed by atoms with van der Waals surface area (Å²) in [7, 11) is 0. The third-order valence-corrected chi connectivity index (χ3v) is 3.22. The van der Waals surface area contributed by atoms with Crippen LogP contribution < -0.4 is 10.6 Å². The zero-order valence-corrected chi connectivity index (χ0v) is 12.2. The summed E-state index contributed by atoms with van der Waals surface area (Å²) in [5.41, 5.74) is 0.0369. The summed E-state index contributed by atoms with van der Waals surface area (Å²) in [6, 6.07) is 2.90. The molecule has 1 aliphatic heterocycles. The van der Waals surface area contributed by atoms with Gasteiger partial charge in [-0.05, 0) is 6.92 Å². The summed E-state index contributed by atoms with van der Waals surface area (Å²) in [4.78, 5) is 17.1. The van der Waals surface area contributed by atoms with Crippen LogP contribution in [0.3, 0.4) is 0 Å². The maximum Gasteiger partial charge on any atom is 0.276 e. The van der Waals surface area contributed by atoms with E-state index in [1.165, 1.54) is 12.1 Å². The van der Waals surface area contributed by atoms with Gasteiger partial charge in [0.15, 0.2) is 0 Å². The zero-order chi connectivity index (χ0) is 15.1. The molecule has 1 fully saturated rings. The molecule has 0 aromatic carbocycles. The number of nitrogens with one attached hydrogen (secondary N) is 2. The topological polar surface area (TPSA) is 92.6 Å². The van der Waals surface area contributed by atoms with E-state index in [9.17, 15) is 10.1 Å². The quantitative estimate of drug-likeness (QED) is 0.576. The summed E-state index contributed by atoms with van der Waals surface area (Å²) in [5.74, 6) is 1.04. The van der Waals surface area contributed by atoms with E-state index in [0.717, 1.165) is 32.8 Å².